The van der Waals surface area contributed by atoms with E-state index in [4.69, 9.17) is 5.26 Å². The lowest BCUT2D eigenvalue weighted by atomic mass is 9.78. The van der Waals surface area contributed by atoms with Gasteiger partial charge in [-0.25, -0.2) is 17.6 Å². The van der Waals surface area contributed by atoms with E-state index in [1.54, 1.807) is 12.1 Å². The summed E-state index contributed by atoms with van der Waals surface area (Å²) in [4.78, 5) is 0. The van der Waals surface area contributed by atoms with Crippen molar-refractivity contribution in [3.05, 3.63) is 59.2 Å². The third-order valence-corrected chi connectivity index (χ3v) is 4.42. The molecule has 0 unspecified atom stereocenters. The van der Waals surface area contributed by atoms with Gasteiger partial charge < -0.3 is 5.11 Å². The maximum absolute atomic E-state index is 14.1. The van der Waals surface area contributed by atoms with Crippen LogP contribution in [0, 0.1) is 23.0 Å². The maximum Gasteiger partial charge on any atom is 0.264 e. The van der Waals surface area contributed by atoms with Crippen molar-refractivity contribution < 1.29 is 22.7 Å². The van der Waals surface area contributed by atoms with E-state index in [0.717, 1.165) is 5.56 Å². The zero-order valence-corrected chi connectivity index (χ0v) is 12.9. The predicted octanol–water partition coefficient (Wildman–Crippen LogP) is 3.51. The summed E-state index contributed by atoms with van der Waals surface area (Å²) in [5.74, 6) is -2.34. The van der Waals surface area contributed by atoms with Gasteiger partial charge in [0.25, 0.3) is 6.43 Å². The van der Waals surface area contributed by atoms with Crippen molar-refractivity contribution >= 4 is 0 Å². The number of hydrogen-bond donors (Lipinski definition) is 2. The number of benzene rings is 2. The molecule has 1 saturated heterocycles. The molecule has 3 nitrogen and oxygen atoms in total. The van der Waals surface area contributed by atoms with Crippen molar-refractivity contribution in [2.75, 3.05) is 6.61 Å². The molecule has 1 aliphatic rings. The van der Waals surface area contributed by atoms with E-state index >= 15 is 0 Å². The van der Waals surface area contributed by atoms with Gasteiger partial charge in [0.2, 0.25) is 0 Å². The minimum Gasteiger partial charge on any atom is -0.395 e. The molecule has 0 spiro atoms. The van der Waals surface area contributed by atoms with Crippen molar-refractivity contribution in [2.24, 2.45) is 0 Å². The van der Waals surface area contributed by atoms with E-state index in [0.29, 0.717) is 12.1 Å². The van der Waals surface area contributed by atoms with Gasteiger partial charge >= 0.3 is 0 Å². The summed E-state index contributed by atoms with van der Waals surface area (Å²) < 4.78 is 53.3. The molecular weight excluding hydrogens is 336 g/mol. The first kappa shape index (κ1) is 17.4. The van der Waals surface area contributed by atoms with Crippen molar-refractivity contribution in [3.8, 4) is 17.2 Å². The molecule has 1 aliphatic heterocycles. The van der Waals surface area contributed by atoms with Crippen LogP contribution in [0.15, 0.2) is 36.4 Å². The number of hydrogen-bond acceptors (Lipinski definition) is 3. The van der Waals surface area contributed by atoms with Gasteiger partial charge in [-0.1, -0.05) is 24.3 Å². The topological polar surface area (TPSA) is 56.0 Å². The van der Waals surface area contributed by atoms with Crippen LogP contribution in [-0.2, 0) is 0 Å². The molecular formula is C18H14F4N2O. The molecule has 0 saturated carbocycles. The number of aliphatic hydroxyl groups is 1. The van der Waals surface area contributed by atoms with Crippen molar-refractivity contribution in [1.82, 2.24) is 5.32 Å². The fourth-order valence-electron chi connectivity index (χ4n) is 3.13. The zero-order valence-electron chi connectivity index (χ0n) is 12.9. The highest BCUT2D eigenvalue weighted by Crippen LogP contribution is 2.35. The van der Waals surface area contributed by atoms with E-state index in [1.165, 1.54) is 12.1 Å². The highest BCUT2D eigenvalue weighted by atomic mass is 19.3. The standard InChI is InChI=1S/C18H14F4N2O/c19-12-5-11(18(21)22)6-13(20)16(12)9-1-3-10(4-2-9)17-14(7-23)24-15(17)8-25/h1-6,14-15,17-18,24-25H,8H2/t14-,15-,17-/m0/s1. The van der Waals surface area contributed by atoms with E-state index in [-0.39, 0.29) is 29.7 Å². The molecule has 0 bridgehead atoms. The van der Waals surface area contributed by atoms with Gasteiger partial charge in [0.15, 0.2) is 0 Å². The molecule has 0 aromatic heterocycles. The minimum atomic E-state index is -2.95. The molecule has 1 fully saturated rings. The Labute approximate surface area is 141 Å². The number of nitriles is 1. The Bertz CT molecular complexity index is 794. The summed E-state index contributed by atoms with van der Waals surface area (Å²) in [5, 5.41) is 21.2. The summed E-state index contributed by atoms with van der Waals surface area (Å²) in [7, 11) is 0. The van der Waals surface area contributed by atoms with Crippen LogP contribution in [0.2, 0.25) is 0 Å². The lowest BCUT2D eigenvalue weighted by molar-refractivity contribution is 0.150. The minimum absolute atomic E-state index is 0.136. The fourth-order valence-corrected chi connectivity index (χ4v) is 3.13. The van der Waals surface area contributed by atoms with Crippen molar-refractivity contribution in [2.45, 2.75) is 24.4 Å². The van der Waals surface area contributed by atoms with E-state index in [9.17, 15) is 22.7 Å². The Morgan fingerprint density at radius 3 is 2.20 bits per heavy atom. The molecule has 2 aromatic rings. The monoisotopic (exact) mass is 350 g/mol. The van der Waals surface area contributed by atoms with Crippen LogP contribution >= 0.6 is 0 Å². The van der Waals surface area contributed by atoms with Gasteiger partial charge in [-0.3, -0.25) is 5.32 Å². The highest BCUT2D eigenvalue weighted by Gasteiger charge is 2.41. The number of alkyl halides is 2. The average molecular weight is 350 g/mol. The summed E-state index contributed by atoms with van der Waals surface area (Å²) in [5.41, 5.74) is -0.129. The van der Waals surface area contributed by atoms with Gasteiger partial charge in [0.1, 0.15) is 17.7 Å². The van der Waals surface area contributed by atoms with Crippen molar-refractivity contribution in [1.29, 1.82) is 5.26 Å². The Morgan fingerprint density at radius 1 is 1.12 bits per heavy atom. The molecule has 2 aromatic carbocycles. The summed E-state index contributed by atoms with van der Waals surface area (Å²) in [6.45, 7) is -0.136. The average Bonchev–Trinajstić information content (AvgIpc) is 2.55. The first-order chi connectivity index (χ1) is 12.0. The SMILES string of the molecule is N#C[C@@H]1N[C@@H](CO)[C@H]1c1ccc(-c2c(F)cc(C(F)F)cc2F)cc1. The summed E-state index contributed by atoms with van der Waals surface area (Å²) in [6.07, 6.45) is -2.95. The molecule has 7 heteroatoms. The number of nitrogens with one attached hydrogen (secondary N) is 1. The van der Waals surface area contributed by atoms with Crippen molar-refractivity contribution in [3.63, 3.8) is 0 Å². The second kappa shape index (κ2) is 6.82. The zero-order chi connectivity index (χ0) is 18.1. The molecule has 3 rings (SSSR count). The normalized spacial score (nSPS) is 22.5. The second-order valence-electron chi connectivity index (χ2n) is 5.87. The molecule has 0 radical (unpaired) electrons. The Morgan fingerprint density at radius 2 is 1.72 bits per heavy atom. The number of aliphatic hydroxyl groups excluding tert-OH is 1. The quantitative estimate of drug-likeness (QED) is 0.830. The number of nitrogens with zero attached hydrogens (tertiary/aromatic N) is 1. The van der Waals surface area contributed by atoms with Crippen LogP contribution in [0.1, 0.15) is 23.5 Å². The van der Waals surface area contributed by atoms with Crippen LogP contribution in [0.25, 0.3) is 11.1 Å². The van der Waals surface area contributed by atoms with Gasteiger partial charge in [-0.2, -0.15) is 5.26 Å². The van der Waals surface area contributed by atoms with Gasteiger partial charge in [0.05, 0.1) is 18.2 Å². The Hall–Kier alpha value is -2.43. The molecule has 0 aliphatic carbocycles. The summed E-state index contributed by atoms with van der Waals surface area (Å²) in [6, 6.07) is 8.82. The van der Waals surface area contributed by atoms with E-state index < -0.39 is 29.7 Å². The molecule has 3 atom stereocenters. The lowest BCUT2D eigenvalue weighted by Crippen LogP contribution is -2.60. The van der Waals surface area contributed by atoms with Crippen LogP contribution < -0.4 is 5.32 Å². The van der Waals surface area contributed by atoms with Gasteiger partial charge in [-0.15, -0.1) is 0 Å². The van der Waals surface area contributed by atoms with Gasteiger partial charge in [0, 0.05) is 17.5 Å². The third kappa shape index (κ3) is 3.11. The Kier molecular flexibility index (Phi) is 4.75. The van der Waals surface area contributed by atoms with Crippen LogP contribution in [0.4, 0.5) is 17.6 Å². The van der Waals surface area contributed by atoms with Crippen LogP contribution in [0.3, 0.4) is 0 Å². The van der Waals surface area contributed by atoms with Crippen LogP contribution in [0.5, 0.6) is 0 Å². The number of rotatable bonds is 4. The fraction of sp³-hybridized carbons (Fsp3) is 0.278. The first-order valence-corrected chi connectivity index (χ1v) is 7.60. The second-order valence-corrected chi connectivity index (χ2v) is 5.87. The highest BCUT2D eigenvalue weighted by molar-refractivity contribution is 5.66. The third-order valence-electron chi connectivity index (χ3n) is 4.42. The molecule has 25 heavy (non-hydrogen) atoms. The summed E-state index contributed by atoms with van der Waals surface area (Å²) >= 11 is 0. The van der Waals surface area contributed by atoms with Crippen LogP contribution in [-0.4, -0.2) is 23.8 Å². The van der Waals surface area contributed by atoms with E-state index in [2.05, 4.69) is 11.4 Å². The molecule has 0 amide bonds. The first-order valence-electron chi connectivity index (χ1n) is 7.60. The maximum atomic E-state index is 14.1. The largest absolute Gasteiger partial charge is 0.395 e. The van der Waals surface area contributed by atoms with E-state index in [1.807, 2.05) is 0 Å². The molecule has 2 N–H and O–H groups in total. The Balaban J connectivity index is 1.92. The smallest absolute Gasteiger partial charge is 0.264 e. The molecule has 1 heterocycles. The molecule has 130 valence electrons. The predicted molar refractivity (Wildman–Crippen MR) is 82.9 cm³/mol. The van der Waals surface area contributed by atoms with Gasteiger partial charge in [-0.05, 0) is 23.3 Å². The lowest BCUT2D eigenvalue weighted by Gasteiger charge is -2.41. The number of halogens is 4.